The van der Waals surface area contributed by atoms with E-state index in [1.165, 1.54) is 0 Å². The van der Waals surface area contributed by atoms with Gasteiger partial charge in [-0.25, -0.2) is 9.59 Å². The van der Waals surface area contributed by atoms with Crippen LogP contribution in [0.2, 0.25) is 0 Å². The van der Waals surface area contributed by atoms with E-state index in [1.54, 1.807) is 24.3 Å². The lowest BCUT2D eigenvalue weighted by atomic mass is 10.2. The number of hydrogen-bond donors (Lipinski definition) is 0. The Bertz CT molecular complexity index is 437. The fraction of sp³-hybridized carbons (Fsp3) is 0.375. The smallest absolute Gasteiger partial charge is 0.336 e. The third-order valence-electron chi connectivity index (χ3n) is 2.56. The lowest BCUT2D eigenvalue weighted by Gasteiger charge is -2.01. The van der Waals surface area contributed by atoms with Gasteiger partial charge in [0.25, 0.3) is 0 Å². The van der Waals surface area contributed by atoms with Crippen LogP contribution in [-0.2, 0) is 14.3 Å². The molecular weight excluding hydrogens is 256 g/mol. The Morgan fingerprint density at radius 2 is 1.70 bits per heavy atom. The maximum atomic E-state index is 11.4. The zero-order valence-corrected chi connectivity index (χ0v) is 11.7. The highest BCUT2D eigenvalue weighted by Crippen LogP contribution is 2.08. The fourth-order valence-corrected chi connectivity index (χ4v) is 1.52. The van der Waals surface area contributed by atoms with Crippen LogP contribution in [0.1, 0.15) is 32.6 Å². The second kappa shape index (κ2) is 9.78. The number of esters is 2. The van der Waals surface area contributed by atoms with Crippen LogP contribution in [-0.4, -0.2) is 18.5 Å². The van der Waals surface area contributed by atoms with Crippen LogP contribution in [0.4, 0.5) is 0 Å². The zero-order chi connectivity index (χ0) is 14.6. The van der Waals surface area contributed by atoms with E-state index in [-0.39, 0.29) is 0 Å². The van der Waals surface area contributed by atoms with E-state index in [4.69, 9.17) is 9.47 Å². The zero-order valence-electron chi connectivity index (χ0n) is 11.7. The molecule has 0 aromatic heterocycles. The van der Waals surface area contributed by atoms with Crippen LogP contribution < -0.4 is 4.74 Å². The molecule has 0 spiro atoms. The topological polar surface area (TPSA) is 52.6 Å². The van der Waals surface area contributed by atoms with Gasteiger partial charge in [0.2, 0.25) is 0 Å². The van der Waals surface area contributed by atoms with Crippen molar-refractivity contribution in [2.24, 2.45) is 0 Å². The Labute approximate surface area is 119 Å². The average Bonchev–Trinajstić information content (AvgIpc) is 2.46. The molecule has 1 rings (SSSR count). The molecule has 0 atom stereocenters. The maximum Gasteiger partial charge on any atom is 0.336 e. The predicted molar refractivity (Wildman–Crippen MR) is 76.3 cm³/mol. The molecule has 0 unspecified atom stereocenters. The monoisotopic (exact) mass is 276 g/mol. The minimum atomic E-state index is -0.598. The lowest BCUT2D eigenvalue weighted by Crippen LogP contribution is -2.07. The van der Waals surface area contributed by atoms with Gasteiger partial charge in [0.15, 0.2) is 0 Å². The van der Waals surface area contributed by atoms with Gasteiger partial charge in [-0.15, -0.1) is 0 Å². The first kappa shape index (κ1) is 16.0. The summed E-state index contributed by atoms with van der Waals surface area (Å²) < 4.78 is 9.94. The first-order valence-corrected chi connectivity index (χ1v) is 6.84. The van der Waals surface area contributed by atoms with E-state index in [0.29, 0.717) is 12.4 Å². The summed E-state index contributed by atoms with van der Waals surface area (Å²) in [7, 11) is 0. The van der Waals surface area contributed by atoms with Gasteiger partial charge in [0.05, 0.1) is 6.61 Å². The summed E-state index contributed by atoms with van der Waals surface area (Å²) in [5.41, 5.74) is 0. The van der Waals surface area contributed by atoms with Crippen molar-refractivity contribution >= 4 is 11.9 Å². The molecule has 1 aromatic carbocycles. The van der Waals surface area contributed by atoms with Crippen LogP contribution in [0, 0.1) is 0 Å². The third kappa shape index (κ3) is 7.36. The quantitative estimate of drug-likeness (QED) is 0.316. The van der Waals surface area contributed by atoms with Crippen molar-refractivity contribution in [3.8, 4) is 5.75 Å². The van der Waals surface area contributed by atoms with Gasteiger partial charge >= 0.3 is 11.9 Å². The van der Waals surface area contributed by atoms with Gasteiger partial charge in [0.1, 0.15) is 5.75 Å². The van der Waals surface area contributed by atoms with Crippen LogP contribution >= 0.6 is 0 Å². The number of carbonyl (C=O) groups is 2. The molecule has 0 amide bonds. The Morgan fingerprint density at radius 3 is 2.40 bits per heavy atom. The SMILES string of the molecule is CCCCCCOC(=O)/C=C/C(=O)Oc1ccccc1. The first-order valence-electron chi connectivity index (χ1n) is 6.84. The van der Waals surface area contributed by atoms with E-state index in [0.717, 1.165) is 37.8 Å². The number of para-hydroxylation sites is 1. The number of benzene rings is 1. The summed E-state index contributed by atoms with van der Waals surface area (Å²) in [6.45, 7) is 2.50. The number of ether oxygens (including phenoxy) is 2. The number of unbranched alkanes of at least 4 members (excludes halogenated alkanes) is 3. The molecule has 108 valence electrons. The van der Waals surface area contributed by atoms with Crippen molar-refractivity contribution < 1.29 is 19.1 Å². The van der Waals surface area contributed by atoms with Crippen molar-refractivity contribution in [3.63, 3.8) is 0 Å². The summed E-state index contributed by atoms with van der Waals surface area (Å²) in [6.07, 6.45) is 6.33. The molecule has 0 aliphatic heterocycles. The van der Waals surface area contributed by atoms with Crippen LogP contribution in [0.3, 0.4) is 0 Å². The molecule has 0 fully saturated rings. The minimum absolute atomic E-state index is 0.386. The van der Waals surface area contributed by atoms with Gasteiger partial charge in [-0.3, -0.25) is 0 Å². The molecule has 0 aliphatic carbocycles. The number of carbonyl (C=O) groups excluding carboxylic acids is 2. The summed E-state index contributed by atoms with van der Waals surface area (Å²) >= 11 is 0. The van der Waals surface area contributed by atoms with Crippen molar-refractivity contribution in [2.45, 2.75) is 32.6 Å². The Kier molecular flexibility index (Phi) is 7.80. The minimum Gasteiger partial charge on any atom is -0.463 e. The van der Waals surface area contributed by atoms with Crippen molar-refractivity contribution in [1.82, 2.24) is 0 Å². The van der Waals surface area contributed by atoms with Crippen molar-refractivity contribution in [3.05, 3.63) is 42.5 Å². The molecule has 0 bridgehead atoms. The summed E-state index contributed by atoms with van der Waals surface area (Å²) in [6, 6.07) is 8.67. The average molecular weight is 276 g/mol. The summed E-state index contributed by atoms with van der Waals surface area (Å²) in [5, 5.41) is 0. The van der Waals surface area contributed by atoms with Gasteiger partial charge in [-0.05, 0) is 18.6 Å². The lowest BCUT2D eigenvalue weighted by molar-refractivity contribution is -0.138. The first-order chi connectivity index (χ1) is 9.72. The molecule has 0 saturated carbocycles. The third-order valence-corrected chi connectivity index (χ3v) is 2.56. The molecule has 4 nitrogen and oxygen atoms in total. The molecule has 0 radical (unpaired) electrons. The molecule has 0 N–H and O–H groups in total. The molecule has 0 saturated heterocycles. The normalized spacial score (nSPS) is 10.4. The van der Waals surface area contributed by atoms with Crippen LogP contribution in [0.15, 0.2) is 42.5 Å². The van der Waals surface area contributed by atoms with E-state index in [9.17, 15) is 9.59 Å². The van der Waals surface area contributed by atoms with Gasteiger partial charge < -0.3 is 9.47 Å². The van der Waals surface area contributed by atoms with E-state index < -0.39 is 11.9 Å². The van der Waals surface area contributed by atoms with Gasteiger partial charge in [0, 0.05) is 12.2 Å². The highest BCUT2D eigenvalue weighted by Gasteiger charge is 2.02. The summed E-state index contributed by atoms with van der Waals surface area (Å²) in [5.74, 6) is -0.680. The maximum absolute atomic E-state index is 11.4. The Balaban J connectivity index is 2.22. The molecule has 0 heterocycles. The van der Waals surface area contributed by atoms with Gasteiger partial charge in [-0.1, -0.05) is 44.4 Å². The summed E-state index contributed by atoms with van der Waals surface area (Å²) in [4.78, 5) is 22.7. The Morgan fingerprint density at radius 1 is 1.00 bits per heavy atom. The standard InChI is InChI=1S/C16H20O4/c1-2-3-4-8-13-19-15(17)11-12-16(18)20-14-9-6-5-7-10-14/h5-7,9-12H,2-4,8,13H2,1H3/b12-11+. The van der Waals surface area contributed by atoms with Crippen LogP contribution in [0.5, 0.6) is 5.75 Å². The van der Waals surface area contributed by atoms with E-state index in [1.807, 2.05) is 6.07 Å². The molecule has 0 aliphatic rings. The predicted octanol–water partition coefficient (Wildman–Crippen LogP) is 3.27. The molecule has 4 heteroatoms. The van der Waals surface area contributed by atoms with Crippen molar-refractivity contribution in [2.75, 3.05) is 6.61 Å². The Hall–Kier alpha value is -2.10. The van der Waals surface area contributed by atoms with E-state index in [2.05, 4.69) is 6.92 Å². The molecule has 20 heavy (non-hydrogen) atoms. The number of rotatable bonds is 8. The second-order valence-corrected chi connectivity index (χ2v) is 4.30. The molecule has 1 aromatic rings. The molecular formula is C16H20O4. The van der Waals surface area contributed by atoms with Crippen molar-refractivity contribution in [1.29, 1.82) is 0 Å². The van der Waals surface area contributed by atoms with E-state index >= 15 is 0 Å². The fourth-order valence-electron chi connectivity index (χ4n) is 1.52. The number of hydrogen-bond acceptors (Lipinski definition) is 4. The second-order valence-electron chi connectivity index (χ2n) is 4.30. The van der Waals surface area contributed by atoms with Gasteiger partial charge in [-0.2, -0.15) is 0 Å². The highest BCUT2D eigenvalue weighted by molar-refractivity contribution is 5.92. The van der Waals surface area contributed by atoms with Crippen LogP contribution in [0.25, 0.3) is 0 Å². The highest BCUT2D eigenvalue weighted by atomic mass is 16.5. The largest absolute Gasteiger partial charge is 0.463 e.